The van der Waals surface area contributed by atoms with Crippen LogP contribution in [0.15, 0.2) is 5.51 Å². The smallest absolute Gasteiger partial charge is 0.0797 e. The van der Waals surface area contributed by atoms with Crippen LogP contribution in [-0.2, 0) is 11.2 Å². The summed E-state index contributed by atoms with van der Waals surface area (Å²) in [6.45, 7) is 11.3. The van der Waals surface area contributed by atoms with E-state index in [4.69, 9.17) is 4.74 Å². The van der Waals surface area contributed by atoms with Gasteiger partial charge in [0.25, 0.3) is 0 Å². The quantitative estimate of drug-likeness (QED) is 0.762. The first-order chi connectivity index (χ1) is 7.99. The molecule has 98 valence electrons. The molecule has 0 aliphatic carbocycles. The molecule has 1 N–H and O–H groups in total. The molecule has 1 heterocycles. The Labute approximate surface area is 109 Å². The molecule has 4 heteroatoms. The maximum absolute atomic E-state index is 5.62. The number of ether oxygens (including phenoxy) is 1. The highest BCUT2D eigenvalue weighted by molar-refractivity contribution is 7.09. The SMILES string of the molecule is Cc1ncsc1CCOCCCNC(C)(C)C. The largest absolute Gasteiger partial charge is 0.381 e. The summed E-state index contributed by atoms with van der Waals surface area (Å²) in [5.41, 5.74) is 3.26. The zero-order valence-corrected chi connectivity index (χ0v) is 12.2. The number of nitrogens with one attached hydrogen (secondary N) is 1. The van der Waals surface area contributed by atoms with Crippen LogP contribution in [-0.4, -0.2) is 30.3 Å². The van der Waals surface area contributed by atoms with Crippen LogP contribution in [0.1, 0.15) is 37.8 Å². The Morgan fingerprint density at radius 1 is 1.35 bits per heavy atom. The molecule has 1 aromatic heterocycles. The molecule has 0 saturated heterocycles. The van der Waals surface area contributed by atoms with E-state index in [9.17, 15) is 0 Å². The second-order valence-electron chi connectivity index (χ2n) is 5.25. The minimum atomic E-state index is 0.208. The fourth-order valence-corrected chi connectivity index (χ4v) is 2.23. The summed E-state index contributed by atoms with van der Waals surface area (Å²) in [6.07, 6.45) is 2.06. The van der Waals surface area contributed by atoms with Crippen LogP contribution in [0.5, 0.6) is 0 Å². The normalized spacial score (nSPS) is 12.0. The van der Waals surface area contributed by atoms with Gasteiger partial charge in [-0.1, -0.05) is 0 Å². The van der Waals surface area contributed by atoms with E-state index in [0.717, 1.165) is 38.3 Å². The zero-order valence-electron chi connectivity index (χ0n) is 11.4. The monoisotopic (exact) mass is 256 g/mol. The molecule has 0 amide bonds. The Hall–Kier alpha value is -0.450. The molecule has 0 aliphatic rings. The molecule has 0 atom stereocenters. The zero-order chi connectivity index (χ0) is 12.7. The van der Waals surface area contributed by atoms with Gasteiger partial charge in [0.2, 0.25) is 0 Å². The van der Waals surface area contributed by atoms with E-state index in [-0.39, 0.29) is 5.54 Å². The molecule has 1 rings (SSSR count). The van der Waals surface area contributed by atoms with Gasteiger partial charge >= 0.3 is 0 Å². The van der Waals surface area contributed by atoms with E-state index in [1.165, 1.54) is 4.88 Å². The lowest BCUT2D eigenvalue weighted by Gasteiger charge is -2.20. The van der Waals surface area contributed by atoms with E-state index >= 15 is 0 Å². The van der Waals surface area contributed by atoms with Gasteiger partial charge in [0, 0.05) is 23.4 Å². The average Bonchev–Trinajstić information content (AvgIpc) is 2.61. The summed E-state index contributed by atoms with van der Waals surface area (Å²) in [7, 11) is 0. The molecule has 0 fully saturated rings. The summed E-state index contributed by atoms with van der Waals surface area (Å²) >= 11 is 1.72. The van der Waals surface area contributed by atoms with Crippen molar-refractivity contribution in [3.05, 3.63) is 16.1 Å². The van der Waals surface area contributed by atoms with E-state index in [2.05, 4.69) is 38.0 Å². The van der Waals surface area contributed by atoms with Crippen LogP contribution in [0, 0.1) is 6.92 Å². The van der Waals surface area contributed by atoms with Gasteiger partial charge in [-0.3, -0.25) is 0 Å². The topological polar surface area (TPSA) is 34.1 Å². The molecule has 0 aliphatic heterocycles. The van der Waals surface area contributed by atoms with E-state index < -0.39 is 0 Å². The molecule has 0 spiro atoms. The lowest BCUT2D eigenvalue weighted by molar-refractivity contribution is 0.133. The molecule has 0 unspecified atom stereocenters. The van der Waals surface area contributed by atoms with Gasteiger partial charge in [0.05, 0.1) is 17.8 Å². The number of aryl methyl sites for hydroxylation is 1. The van der Waals surface area contributed by atoms with Crippen molar-refractivity contribution in [1.29, 1.82) is 0 Å². The van der Waals surface area contributed by atoms with Crippen LogP contribution < -0.4 is 5.32 Å². The Kier molecular flexibility index (Phi) is 6.09. The summed E-state index contributed by atoms with van der Waals surface area (Å²) in [5, 5.41) is 3.45. The van der Waals surface area contributed by atoms with Crippen molar-refractivity contribution in [2.75, 3.05) is 19.8 Å². The van der Waals surface area contributed by atoms with Gasteiger partial charge in [0.1, 0.15) is 0 Å². The third kappa shape index (κ3) is 6.76. The van der Waals surface area contributed by atoms with Gasteiger partial charge in [0.15, 0.2) is 0 Å². The Morgan fingerprint density at radius 2 is 2.12 bits per heavy atom. The maximum atomic E-state index is 5.62. The molecule has 1 aromatic rings. The van der Waals surface area contributed by atoms with Gasteiger partial charge in [-0.25, -0.2) is 4.98 Å². The lowest BCUT2D eigenvalue weighted by Crippen LogP contribution is -2.36. The molecule has 0 saturated carbocycles. The number of aromatic nitrogens is 1. The molecular weight excluding hydrogens is 232 g/mol. The molecule has 17 heavy (non-hydrogen) atoms. The van der Waals surface area contributed by atoms with E-state index in [1.54, 1.807) is 11.3 Å². The minimum absolute atomic E-state index is 0.208. The maximum Gasteiger partial charge on any atom is 0.0797 e. The average molecular weight is 256 g/mol. The first-order valence-electron chi connectivity index (χ1n) is 6.21. The molecule has 3 nitrogen and oxygen atoms in total. The fraction of sp³-hybridized carbons (Fsp3) is 0.769. The Morgan fingerprint density at radius 3 is 2.71 bits per heavy atom. The molecule has 0 bridgehead atoms. The molecule has 0 aromatic carbocycles. The van der Waals surface area contributed by atoms with Crippen molar-refractivity contribution in [1.82, 2.24) is 10.3 Å². The summed E-state index contributed by atoms with van der Waals surface area (Å²) in [4.78, 5) is 5.57. The van der Waals surface area contributed by atoms with Crippen molar-refractivity contribution >= 4 is 11.3 Å². The van der Waals surface area contributed by atoms with Crippen molar-refractivity contribution in [2.45, 2.75) is 46.1 Å². The summed E-state index contributed by atoms with van der Waals surface area (Å²) < 4.78 is 5.62. The van der Waals surface area contributed by atoms with Crippen LogP contribution in [0.2, 0.25) is 0 Å². The highest BCUT2D eigenvalue weighted by atomic mass is 32.1. The third-order valence-electron chi connectivity index (χ3n) is 2.44. The minimum Gasteiger partial charge on any atom is -0.381 e. The number of hydrogen-bond donors (Lipinski definition) is 1. The predicted octanol–water partition coefficient (Wildman–Crippen LogP) is 2.79. The first-order valence-corrected chi connectivity index (χ1v) is 7.09. The Bertz CT molecular complexity index is 317. The van der Waals surface area contributed by atoms with Gasteiger partial charge in [-0.05, 0) is 40.7 Å². The summed E-state index contributed by atoms with van der Waals surface area (Å²) in [5.74, 6) is 0. The van der Waals surface area contributed by atoms with Crippen LogP contribution in [0.4, 0.5) is 0 Å². The number of thiazole rings is 1. The fourth-order valence-electron chi connectivity index (χ4n) is 1.47. The van der Waals surface area contributed by atoms with Gasteiger partial charge in [-0.15, -0.1) is 11.3 Å². The lowest BCUT2D eigenvalue weighted by atomic mass is 10.1. The summed E-state index contributed by atoms with van der Waals surface area (Å²) in [6, 6.07) is 0. The highest BCUT2D eigenvalue weighted by Gasteiger charge is 2.07. The predicted molar refractivity (Wildman–Crippen MR) is 73.7 cm³/mol. The van der Waals surface area contributed by atoms with Crippen molar-refractivity contribution in [3.8, 4) is 0 Å². The van der Waals surface area contributed by atoms with Crippen molar-refractivity contribution in [3.63, 3.8) is 0 Å². The number of nitrogens with zero attached hydrogens (tertiary/aromatic N) is 1. The Balaban J connectivity index is 1.97. The number of hydrogen-bond acceptors (Lipinski definition) is 4. The second kappa shape index (κ2) is 7.09. The van der Waals surface area contributed by atoms with Gasteiger partial charge in [-0.2, -0.15) is 0 Å². The van der Waals surface area contributed by atoms with Gasteiger partial charge < -0.3 is 10.1 Å². The third-order valence-corrected chi connectivity index (χ3v) is 3.43. The van der Waals surface area contributed by atoms with Crippen molar-refractivity contribution < 1.29 is 4.74 Å². The highest BCUT2D eigenvalue weighted by Crippen LogP contribution is 2.12. The van der Waals surface area contributed by atoms with Crippen LogP contribution in [0.25, 0.3) is 0 Å². The number of rotatable bonds is 7. The first kappa shape index (κ1) is 14.6. The second-order valence-corrected chi connectivity index (χ2v) is 6.19. The van der Waals surface area contributed by atoms with Crippen LogP contribution >= 0.6 is 11.3 Å². The van der Waals surface area contributed by atoms with E-state index in [0.29, 0.717) is 0 Å². The standard InChI is InChI=1S/C13H24N2OS/c1-11-12(17-10-14-11)6-9-16-8-5-7-15-13(2,3)4/h10,15H,5-9H2,1-4H3. The molecule has 0 radical (unpaired) electrons. The van der Waals surface area contributed by atoms with Crippen LogP contribution in [0.3, 0.4) is 0 Å². The van der Waals surface area contributed by atoms with E-state index in [1.807, 2.05) is 5.51 Å². The molecular formula is C13H24N2OS. The van der Waals surface area contributed by atoms with Crippen molar-refractivity contribution in [2.24, 2.45) is 0 Å².